The zero-order valence-electron chi connectivity index (χ0n) is 11.4. The highest BCUT2D eigenvalue weighted by molar-refractivity contribution is 5.87. The molecule has 0 saturated carbocycles. The molecule has 1 aromatic carbocycles. The van der Waals surface area contributed by atoms with Gasteiger partial charge in [0.25, 0.3) is 0 Å². The molecule has 0 heterocycles. The fourth-order valence-electron chi connectivity index (χ4n) is 1.41. The Morgan fingerprint density at radius 2 is 2.00 bits per heavy atom. The fraction of sp³-hybridized carbons (Fsp3) is 0.500. The first-order valence-corrected chi connectivity index (χ1v) is 6.03. The SMILES string of the molecule is CC(C)(C)OCCOCc1cc(C(=O)O)ccc1F. The van der Waals surface area contributed by atoms with Crippen LogP contribution in [0.3, 0.4) is 0 Å². The summed E-state index contributed by atoms with van der Waals surface area (Å²) in [5.41, 5.74) is 0.0410. The van der Waals surface area contributed by atoms with Crippen LogP contribution in [0.4, 0.5) is 4.39 Å². The highest BCUT2D eigenvalue weighted by Gasteiger charge is 2.10. The molecule has 0 aliphatic heterocycles. The predicted octanol–water partition coefficient (Wildman–Crippen LogP) is 2.86. The van der Waals surface area contributed by atoms with E-state index in [9.17, 15) is 9.18 Å². The van der Waals surface area contributed by atoms with Gasteiger partial charge in [-0.25, -0.2) is 9.18 Å². The van der Waals surface area contributed by atoms with Crippen LogP contribution in [0.5, 0.6) is 0 Å². The highest BCUT2D eigenvalue weighted by Crippen LogP contribution is 2.12. The van der Waals surface area contributed by atoms with Crippen molar-refractivity contribution in [2.24, 2.45) is 0 Å². The van der Waals surface area contributed by atoms with Crippen LogP contribution in [0, 0.1) is 5.82 Å². The summed E-state index contributed by atoms with van der Waals surface area (Å²) in [4.78, 5) is 10.8. The topological polar surface area (TPSA) is 55.8 Å². The number of carbonyl (C=O) groups is 1. The Balaban J connectivity index is 2.45. The summed E-state index contributed by atoms with van der Waals surface area (Å²) in [5, 5.41) is 8.82. The van der Waals surface area contributed by atoms with Gasteiger partial charge < -0.3 is 14.6 Å². The van der Waals surface area contributed by atoms with Gasteiger partial charge in [0.15, 0.2) is 0 Å². The Labute approximate surface area is 112 Å². The highest BCUT2D eigenvalue weighted by atomic mass is 19.1. The second-order valence-corrected chi connectivity index (χ2v) is 5.12. The first-order chi connectivity index (χ1) is 8.79. The number of halogens is 1. The number of benzene rings is 1. The molecule has 0 aliphatic rings. The lowest BCUT2D eigenvalue weighted by Crippen LogP contribution is -2.21. The Bertz CT molecular complexity index is 438. The Hall–Kier alpha value is -1.46. The average molecular weight is 270 g/mol. The normalized spacial score (nSPS) is 11.6. The third-order valence-corrected chi connectivity index (χ3v) is 2.31. The van der Waals surface area contributed by atoms with Gasteiger partial charge in [-0.15, -0.1) is 0 Å². The van der Waals surface area contributed by atoms with Crippen LogP contribution >= 0.6 is 0 Å². The van der Waals surface area contributed by atoms with Gasteiger partial charge in [-0.2, -0.15) is 0 Å². The van der Waals surface area contributed by atoms with E-state index in [-0.39, 0.29) is 23.3 Å². The minimum absolute atomic E-state index is 0.0282. The second kappa shape index (κ2) is 6.63. The van der Waals surface area contributed by atoms with Crippen molar-refractivity contribution >= 4 is 5.97 Å². The third kappa shape index (κ3) is 5.81. The maximum Gasteiger partial charge on any atom is 0.335 e. The van der Waals surface area contributed by atoms with Gasteiger partial charge in [0.05, 0.1) is 31.0 Å². The number of hydrogen-bond acceptors (Lipinski definition) is 3. The van der Waals surface area contributed by atoms with E-state index in [0.717, 1.165) is 6.07 Å². The molecule has 106 valence electrons. The number of rotatable bonds is 6. The monoisotopic (exact) mass is 270 g/mol. The molecular formula is C14H19FO4. The van der Waals surface area contributed by atoms with Gasteiger partial charge in [0, 0.05) is 5.56 Å². The van der Waals surface area contributed by atoms with Crippen molar-refractivity contribution in [1.29, 1.82) is 0 Å². The molecule has 0 saturated heterocycles. The van der Waals surface area contributed by atoms with Gasteiger partial charge in [-0.3, -0.25) is 0 Å². The zero-order chi connectivity index (χ0) is 14.5. The molecule has 1 aromatic rings. The van der Waals surface area contributed by atoms with Crippen molar-refractivity contribution in [3.8, 4) is 0 Å². The predicted molar refractivity (Wildman–Crippen MR) is 68.7 cm³/mol. The van der Waals surface area contributed by atoms with Crippen molar-refractivity contribution in [3.05, 3.63) is 35.1 Å². The lowest BCUT2D eigenvalue weighted by molar-refractivity contribution is -0.0379. The maximum absolute atomic E-state index is 13.4. The molecule has 0 aliphatic carbocycles. The quantitative estimate of drug-likeness (QED) is 0.807. The molecule has 5 heteroatoms. The summed E-state index contributed by atoms with van der Waals surface area (Å²) >= 11 is 0. The molecule has 0 radical (unpaired) electrons. The van der Waals surface area contributed by atoms with Gasteiger partial charge in [0.2, 0.25) is 0 Å². The summed E-state index contributed by atoms with van der Waals surface area (Å²) < 4.78 is 24.1. The van der Waals surface area contributed by atoms with Crippen LogP contribution in [0.1, 0.15) is 36.7 Å². The molecule has 0 aromatic heterocycles. The summed E-state index contributed by atoms with van der Waals surface area (Å²) in [6, 6.07) is 3.64. The van der Waals surface area contributed by atoms with E-state index in [4.69, 9.17) is 14.6 Å². The summed E-state index contributed by atoms with van der Waals surface area (Å²) in [6.45, 7) is 6.56. The smallest absolute Gasteiger partial charge is 0.335 e. The lowest BCUT2D eigenvalue weighted by Gasteiger charge is -2.19. The summed E-state index contributed by atoms with van der Waals surface area (Å²) in [7, 11) is 0. The molecule has 0 unspecified atom stereocenters. The van der Waals surface area contributed by atoms with E-state index >= 15 is 0 Å². The van der Waals surface area contributed by atoms with Crippen LogP contribution in [0.2, 0.25) is 0 Å². The molecular weight excluding hydrogens is 251 g/mol. The molecule has 4 nitrogen and oxygen atoms in total. The van der Waals surface area contributed by atoms with E-state index in [1.54, 1.807) is 0 Å². The molecule has 19 heavy (non-hydrogen) atoms. The van der Waals surface area contributed by atoms with Gasteiger partial charge in [-0.1, -0.05) is 0 Å². The Morgan fingerprint density at radius 3 is 2.58 bits per heavy atom. The van der Waals surface area contributed by atoms with Crippen LogP contribution in [0.15, 0.2) is 18.2 Å². The van der Waals surface area contributed by atoms with Gasteiger partial charge in [0.1, 0.15) is 5.82 Å². The molecule has 0 spiro atoms. The van der Waals surface area contributed by atoms with Gasteiger partial charge in [-0.05, 0) is 39.0 Å². The second-order valence-electron chi connectivity index (χ2n) is 5.12. The van der Waals surface area contributed by atoms with E-state index < -0.39 is 11.8 Å². The van der Waals surface area contributed by atoms with E-state index in [1.807, 2.05) is 20.8 Å². The number of carboxylic acids is 1. The summed E-state index contributed by atoms with van der Waals surface area (Å²) in [5.74, 6) is -1.56. The van der Waals surface area contributed by atoms with E-state index in [0.29, 0.717) is 13.2 Å². The average Bonchev–Trinajstić information content (AvgIpc) is 2.29. The number of ether oxygens (including phenoxy) is 2. The van der Waals surface area contributed by atoms with Crippen LogP contribution in [0.25, 0.3) is 0 Å². The minimum Gasteiger partial charge on any atom is -0.478 e. The molecule has 0 fully saturated rings. The third-order valence-electron chi connectivity index (χ3n) is 2.31. The first kappa shape index (κ1) is 15.6. The summed E-state index contributed by atoms with van der Waals surface area (Å²) in [6.07, 6.45) is 0. The fourth-order valence-corrected chi connectivity index (χ4v) is 1.41. The maximum atomic E-state index is 13.4. The zero-order valence-corrected chi connectivity index (χ0v) is 11.4. The lowest BCUT2D eigenvalue weighted by atomic mass is 10.1. The number of hydrogen-bond donors (Lipinski definition) is 1. The molecule has 0 atom stereocenters. The molecule has 0 amide bonds. The number of aromatic carboxylic acids is 1. The standard InChI is InChI=1S/C14H19FO4/c1-14(2,3)19-7-6-18-9-11-8-10(13(16)17)4-5-12(11)15/h4-5,8H,6-7,9H2,1-3H3,(H,16,17). The van der Waals surface area contributed by atoms with Crippen LogP contribution in [-0.4, -0.2) is 29.9 Å². The van der Waals surface area contributed by atoms with Crippen molar-refractivity contribution in [2.75, 3.05) is 13.2 Å². The Kier molecular flexibility index (Phi) is 5.44. The van der Waals surface area contributed by atoms with Crippen molar-refractivity contribution < 1.29 is 23.8 Å². The van der Waals surface area contributed by atoms with Crippen molar-refractivity contribution in [2.45, 2.75) is 33.0 Å². The largest absolute Gasteiger partial charge is 0.478 e. The molecule has 1 rings (SSSR count). The van der Waals surface area contributed by atoms with Gasteiger partial charge >= 0.3 is 5.97 Å². The van der Waals surface area contributed by atoms with Crippen LogP contribution in [-0.2, 0) is 16.1 Å². The first-order valence-electron chi connectivity index (χ1n) is 6.03. The minimum atomic E-state index is -1.09. The number of carboxylic acid groups (broad SMARTS) is 1. The van der Waals surface area contributed by atoms with Crippen LogP contribution < -0.4 is 0 Å². The molecule has 0 bridgehead atoms. The molecule has 1 N–H and O–H groups in total. The van der Waals surface area contributed by atoms with E-state index in [1.165, 1.54) is 12.1 Å². The van der Waals surface area contributed by atoms with Crippen molar-refractivity contribution in [3.63, 3.8) is 0 Å². The van der Waals surface area contributed by atoms with E-state index in [2.05, 4.69) is 0 Å². The van der Waals surface area contributed by atoms with Crippen molar-refractivity contribution in [1.82, 2.24) is 0 Å². The Morgan fingerprint density at radius 1 is 1.32 bits per heavy atom.